The summed E-state index contributed by atoms with van der Waals surface area (Å²) in [6, 6.07) is 15.9. The third-order valence-corrected chi connectivity index (χ3v) is 5.29. The summed E-state index contributed by atoms with van der Waals surface area (Å²) < 4.78 is 36.9. The summed E-state index contributed by atoms with van der Waals surface area (Å²) in [5.74, 6) is -2.52. The molecule has 34 heavy (non-hydrogen) atoms. The molecule has 0 fully saturated rings. The Hall–Kier alpha value is -4.46. The van der Waals surface area contributed by atoms with Gasteiger partial charge in [0, 0.05) is 11.8 Å². The average molecular weight is 456 g/mol. The number of halogens is 2. The van der Waals surface area contributed by atoms with Crippen molar-refractivity contribution >= 4 is 16.8 Å². The number of hydrogen-bond acceptors (Lipinski definition) is 5. The van der Waals surface area contributed by atoms with Crippen molar-refractivity contribution < 1.29 is 18.3 Å². The first-order valence-electron chi connectivity index (χ1n) is 10.5. The number of fused-ring (bicyclic) bond motifs is 1. The van der Waals surface area contributed by atoms with Crippen LogP contribution in [0.5, 0.6) is 5.75 Å². The molecular formula is C26H18F2N4O2. The van der Waals surface area contributed by atoms with E-state index in [0.29, 0.717) is 16.9 Å². The van der Waals surface area contributed by atoms with Crippen LogP contribution in [0.15, 0.2) is 79.4 Å². The van der Waals surface area contributed by atoms with Crippen LogP contribution in [0.1, 0.15) is 27.2 Å². The Morgan fingerprint density at radius 2 is 1.82 bits per heavy atom. The van der Waals surface area contributed by atoms with Gasteiger partial charge in [-0.1, -0.05) is 30.3 Å². The lowest BCUT2D eigenvalue weighted by Crippen LogP contribution is -2.10. The van der Waals surface area contributed by atoms with Crippen LogP contribution in [0.4, 0.5) is 8.78 Å². The molecule has 0 N–H and O–H groups in total. The fourth-order valence-electron chi connectivity index (χ4n) is 3.55. The maximum Gasteiger partial charge on any atom is 0.199 e. The molecule has 3 aromatic carbocycles. The maximum absolute atomic E-state index is 15.1. The molecular weight excluding hydrogens is 438 g/mol. The fourth-order valence-corrected chi connectivity index (χ4v) is 3.55. The first-order valence-corrected chi connectivity index (χ1v) is 10.5. The second-order valence-electron chi connectivity index (χ2n) is 7.69. The lowest BCUT2D eigenvalue weighted by molar-refractivity contribution is 0.103. The summed E-state index contributed by atoms with van der Waals surface area (Å²) in [7, 11) is 0. The van der Waals surface area contributed by atoms with Crippen LogP contribution in [0, 0.1) is 18.6 Å². The van der Waals surface area contributed by atoms with Gasteiger partial charge >= 0.3 is 0 Å². The van der Waals surface area contributed by atoms with Gasteiger partial charge in [0.25, 0.3) is 0 Å². The van der Waals surface area contributed by atoms with Crippen molar-refractivity contribution in [1.29, 1.82) is 0 Å². The Labute approximate surface area is 193 Å². The molecule has 5 aromatic rings. The molecule has 0 atom stereocenters. The number of carbonyl (C=O) groups is 1. The molecule has 5 rings (SSSR count). The normalized spacial score (nSPS) is 11.0. The van der Waals surface area contributed by atoms with Crippen molar-refractivity contribution in [3.05, 3.63) is 113 Å². The third kappa shape index (κ3) is 4.13. The highest BCUT2D eigenvalue weighted by molar-refractivity contribution is 6.10. The van der Waals surface area contributed by atoms with E-state index in [1.165, 1.54) is 18.2 Å². The third-order valence-electron chi connectivity index (χ3n) is 5.29. The molecule has 2 heterocycles. The molecule has 0 aliphatic rings. The Morgan fingerprint density at radius 1 is 1.00 bits per heavy atom. The van der Waals surface area contributed by atoms with E-state index in [1.54, 1.807) is 29.4 Å². The lowest BCUT2D eigenvalue weighted by Gasteiger charge is -2.11. The fraction of sp³-hybridized carbons (Fsp3) is 0.0769. The minimum Gasteiger partial charge on any atom is -0.486 e. The highest BCUT2D eigenvalue weighted by Gasteiger charge is 2.23. The first-order chi connectivity index (χ1) is 16.5. The number of benzene rings is 3. The largest absolute Gasteiger partial charge is 0.486 e. The summed E-state index contributed by atoms with van der Waals surface area (Å²) in [4.78, 5) is 26.2. The van der Waals surface area contributed by atoms with Crippen LogP contribution in [0.3, 0.4) is 0 Å². The summed E-state index contributed by atoms with van der Waals surface area (Å²) in [6.45, 7) is 1.93. The van der Waals surface area contributed by atoms with E-state index in [4.69, 9.17) is 4.74 Å². The Bertz CT molecular complexity index is 1520. The summed E-state index contributed by atoms with van der Waals surface area (Å²) in [5, 5.41) is 0. The van der Waals surface area contributed by atoms with Crippen LogP contribution in [-0.2, 0) is 6.61 Å². The van der Waals surface area contributed by atoms with Crippen LogP contribution in [0.2, 0.25) is 0 Å². The molecule has 0 saturated heterocycles. The molecule has 0 radical (unpaired) electrons. The van der Waals surface area contributed by atoms with Gasteiger partial charge in [0.05, 0.1) is 28.5 Å². The van der Waals surface area contributed by atoms with Crippen molar-refractivity contribution in [2.75, 3.05) is 0 Å². The number of carbonyl (C=O) groups excluding carboxylic acids is 1. The quantitative estimate of drug-likeness (QED) is 0.328. The predicted octanol–water partition coefficient (Wildman–Crippen LogP) is 5.21. The molecule has 0 unspecified atom stereocenters. The van der Waals surface area contributed by atoms with Gasteiger partial charge in [-0.15, -0.1) is 0 Å². The molecule has 0 aliphatic carbocycles. The molecule has 0 amide bonds. The zero-order valence-corrected chi connectivity index (χ0v) is 18.1. The van der Waals surface area contributed by atoms with Gasteiger partial charge < -0.3 is 4.74 Å². The van der Waals surface area contributed by atoms with Gasteiger partial charge in [-0.05, 0) is 42.8 Å². The highest BCUT2D eigenvalue weighted by Crippen LogP contribution is 2.27. The number of hydrogen-bond donors (Lipinski definition) is 0. The van der Waals surface area contributed by atoms with Gasteiger partial charge in [-0.2, -0.15) is 0 Å². The number of aromatic nitrogens is 4. The summed E-state index contributed by atoms with van der Waals surface area (Å²) in [5.41, 5.74) is 1.98. The minimum atomic E-state index is -1.05. The number of imidazole rings is 1. The Morgan fingerprint density at radius 3 is 2.59 bits per heavy atom. The topological polar surface area (TPSA) is 69.9 Å². The number of ketones is 1. The Kier molecular flexibility index (Phi) is 5.55. The second kappa shape index (κ2) is 8.82. The monoisotopic (exact) mass is 456 g/mol. The van der Waals surface area contributed by atoms with E-state index in [1.807, 2.05) is 37.3 Å². The van der Waals surface area contributed by atoms with E-state index in [0.717, 1.165) is 17.3 Å². The molecule has 0 saturated carbocycles. The predicted molar refractivity (Wildman–Crippen MR) is 122 cm³/mol. The van der Waals surface area contributed by atoms with Crippen LogP contribution in [0.25, 0.3) is 16.9 Å². The van der Waals surface area contributed by atoms with Gasteiger partial charge in [0.2, 0.25) is 0 Å². The molecule has 0 spiro atoms. The molecule has 0 aliphatic heterocycles. The highest BCUT2D eigenvalue weighted by atomic mass is 19.1. The molecule has 0 bridgehead atoms. The zero-order chi connectivity index (χ0) is 23.7. The number of rotatable bonds is 6. The number of nitrogens with zero attached hydrogens (tertiary/aromatic N) is 4. The van der Waals surface area contributed by atoms with Crippen LogP contribution in [-0.4, -0.2) is 25.3 Å². The van der Waals surface area contributed by atoms with E-state index >= 15 is 4.39 Å². The molecule has 6 nitrogen and oxygen atoms in total. The first kappa shape index (κ1) is 21.4. The molecule has 8 heteroatoms. The van der Waals surface area contributed by atoms with Gasteiger partial charge in [-0.3, -0.25) is 14.3 Å². The molecule has 2 aromatic heterocycles. The second-order valence-corrected chi connectivity index (χ2v) is 7.69. The minimum absolute atomic E-state index is 0.0822. The standard InChI is InChI=1S/C26H18F2N4O2/c1-16-13-32(15-30-16)23-12-29-20-9-7-18(11-21(20)31-23)26(33)24-19(27)8-10-22(25(24)28)34-14-17-5-3-2-4-6-17/h2-13,15H,14H2,1H3. The van der Waals surface area contributed by atoms with Crippen molar-refractivity contribution in [3.8, 4) is 11.6 Å². The van der Waals surface area contributed by atoms with Crippen molar-refractivity contribution in [3.63, 3.8) is 0 Å². The van der Waals surface area contributed by atoms with Crippen molar-refractivity contribution in [2.24, 2.45) is 0 Å². The van der Waals surface area contributed by atoms with E-state index < -0.39 is 23.0 Å². The van der Waals surface area contributed by atoms with Crippen molar-refractivity contribution in [2.45, 2.75) is 13.5 Å². The van der Waals surface area contributed by atoms with Crippen LogP contribution < -0.4 is 4.74 Å². The summed E-state index contributed by atoms with van der Waals surface area (Å²) in [6.07, 6.45) is 4.97. The van der Waals surface area contributed by atoms with Crippen LogP contribution >= 0.6 is 0 Å². The van der Waals surface area contributed by atoms with E-state index in [9.17, 15) is 9.18 Å². The van der Waals surface area contributed by atoms with Gasteiger partial charge in [0.1, 0.15) is 18.8 Å². The smallest absolute Gasteiger partial charge is 0.199 e. The molecule has 168 valence electrons. The number of aryl methyl sites for hydroxylation is 1. The van der Waals surface area contributed by atoms with Crippen molar-refractivity contribution in [1.82, 2.24) is 19.5 Å². The Balaban J connectivity index is 1.48. The van der Waals surface area contributed by atoms with E-state index in [-0.39, 0.29) is 17.9 Å². The van der Waals surface area contributed by atoms with Gasteiger partial charge in [-0.25, -0.2) is 18.7 Å². The SMILES string of the molecule is Cc1cn(-c2cnc3ccc(C(=O)c4c(F)ccc(OCc5ccccc5)c4F)cc3n2)cn1. The summed E-state index contributed by atoms with van der Waals surface area (Å²) >= 11 is 0. The average Bonchev–Trinajstić information content (AvgIpc) is 3.29. The lowest BCUT2D eigenvalue weighted by atomic mass is 10.0. The van der Waals surface area contributed by atoms with Gasteiger partial charge in [0.15, 0.2) is 23.2 Å². The number of ether oxygens (including phenoxy) is 1. The zero-order valence-electron chi connectivity index (χ0n) is 18.1. The maximum atomic E-state index is 15.1. The van der Waals surface area contributed by atoms with E-state index in [2.05, 4.69) is 15.0 Å².